The molecule has 0 bridgehead atoms. The second-order valence-electron chi connectivity index (χ2n) is 4.28. The predicted molar refractivity (Wildman–Crippen MR) is 72.9 cm³/mol. The first-order valence-corrected chi connectivity index (χ1v) is 7.31. The van der Waals surface area contributed by atoms with Crippen LogP contribution >= 0.6 is 0 Å². The van der Waals surface area contributed by atoms with Crippen molar-refractivity contribution in [3.8, 4) is 0 Å². The van der Waals surface area contributed by atoms with E-state index in [-0.39, 0.29) is 10.6 Å². The molecule has 100 valence electrons. The highest BCUT2D eigenvalue weighted by Gasteiger charge is 2.27. The first-order chi connectivity index (χ1) is 8.93. The lowest BCUT2D eigenvalue weighted by Crippen LogP contribution is -2.13. The van der Waals surface area contributed by atoms with Gasteiger partial charge in [0, 0.05) is 0 Å². The van der Waals surface area contributed by atoms with Crippen LogP contribution in [0.1, 0.15) is 17.7 Å². The minimum Gasteiger partial charge on any atom is -0.398 e. The molecular formula is C14H14FNO2S. The lowest BCUT2D eigenvalue weighted by molar-refractivity contribution is 0.582. The van der Waals surface area contributed by atoms with Gasteiger partial charge in [-0.1, -0.05) is 30.3 Å². The molecule has 0 aliphatic rings. The van der Waals surface area contributed by atoms with Crippen LogP contribution < -0.4 is 5.73 Å². The van der Waals surface area contributed by atoms with Gasteiger partial charge in [-0.2, -0.15) is 0 Å². The molecule has 2 rings (SSSR count). The maximum atomic E-state index is 13.2. The first kappa shape index (κ1) is 13.5. The van der Waals surface area contributed by atoms with E-state index < -0.39 is 20.9 Å². The lowest BCUT2D eigenvalue weighted by Gasteiger charge is -2.15. The Morgan fingerprint density at radius 1 is 1.11 bits per heavy atom. The average Bonchev–Trinajstić information content (AvgIpc) is 2.41. The van der Waals surface area contributed by atoms with E-state index in [1.807, 2.05) is 0 Å². The Bertz CT molecular complexity index is 684. The molecule has 0 aliphatic heterocycles. The quantitative estimate of drug-likeness (QED) is 0.879. The van der Waals surface area contributed by atoms with Crippen molar-refractivity contribution >= 4 is 15.5 Å². The van der Waals surface area contributed by atoms with Crippen molar-refractivity contribution in [1.82, 2.24) is 0 Å². The molecule has 1 atom stereocenters. The second-order valence-corrected chi connectivity index (χ2v) is 6.52. The van der Waals surface area contributed by atoms with Crippen molar-refractivity contribution in [2.75, 3.05) is 5.73 Å². The van der Waals surface area contributed by atoms with Crippen LogP contribution in [-0.2, 0) is 9.84 Å². The molecule has 19 heavy (non-hydrogen) atoms. The number of hydrogen-bond acceptors (Lipinski definition) is 3. The molecule has 3 nitrogen and oxygen atoms in total. The van der Waals surface area contributed by atoms with E-state index in [1.165, 1.54) is 6.07 Å². The number of benzene rings is 2. The van der Waals surface area contributed by atoms with E-state index in [9.17, 15) is 12.8 Å². The Kier molecular flexibility index (Phi) is 3.57. The first-order valence-electron chi connectivity index (χ1n) is 5.77. The summed E-state index contributed by atoms with van der Waals surface area (Å²) in [5.41, 5.74) is 6.35. The van der Waals surface area contributed by atoms with Gasteiger partial charge in [0.2, 0.25) is 0 Å². The van der Waals surface area contributed by atoms with Gasteiger partial charge in [-0.25, -0.2) is 12.8 Å². The summed E-state index contributed by atoms with van der Waals surface area (Å²) in [5.74, 6) is -0.618. The SMILES string of the molecule is CC(c1ccccc1)S(=O)(=O)c1cc(F)ccc1N. The molecule has 2 aromatic carbocycles. The van der Waals surface area contributed by atoms with E-state index in [1.54, 1.807) is 37.3 Å². The summed E-state index contributed by atoms with van der Waals surface area (Å²) < 4.78 is 38.1. The number of halogens is 1. The molecule has 0 spiro atoms. The van der Waals surface area contributed by atoms with Crippen molar-refractivity contribution < 1.29 is 12.8 Å². The fraction of sp³-hybridized carbons (Fsp3) is 0.143. The zero-order chi connectivity index (χ0) is 14.0. The number of nitrogen functional groups attached to an aromatic ring is 1. The van der Waals surface area contributed by atoms with Gasteiger partial charge in [0.1, 0.15) is 5.82 Å². The van der Waals surface area contributed by atoms with Gasteiger partial charge in [0.05, 0.1) is 15.8 Å². The highest BCUT2D eigenvalue weighted by molar-refractivity contribution is 7.91. The predicted octanol–water partition coefficient (Wildman–Crippen LogP) is 2.94. The molecule has 0 amide bonds. The van der Waals surface area contributed by atoms with Crippen LogP contribution in [0.3, 0.4) is 0 Å². The summed E-state index contributed by atoms with van der Waals surface area (Å²) in [7, 11) is -3.71. The van der Waals surface area contributed by atoms with Gasteiger partial charge in [-0.3, -0.25) is 0 Å². The van der Waals surface area contributed by atoms with Crippen LogP contribution in [0.5, 0.6) is 0 Å². The van der Waals surface area contributed by atoms with Gasteiger partial charge < -0.3 is 5.73 Å². The van der Waals surface area contributed by atoms with Crippen LogP contribution in [-0.4, -0.2) is 8.42 Å². The number of rotatable bonds is 3. The van der Waals surface area contributed by atoms with Crippen LogP contribution in [0.25, 0.3) is 0 Å². The van der Waals surface area contributed by atoms with Gasteiger partial charge in [0.25, 0.3) is 0 Å². The summed E-state index contributed by atoms with van der Waals surface area (Å²) >= 11 is 0. The monoisotopic (exact) mass is 279 g/mol. The van der Waals surface area contributed by atoms with Crippen molar-refractivity contribution in [1.29, 1.82) is 0 Å². The molecule has 0 saturated heterocycles. The molecule has 0 saturated carbocycles. The van der Waals surface area contributed by atoms with Crippen LogP contribution in [0, 0.1) is 5.82 Å². The van der Waals surface area contributed by atoms with Crippen molar-refractivity contribution in [3.63, 3.8) is 0 Å². The van der Waals surface area contributed by atoms with Crippen LogP contribution in [0.2, 0.25) is 0 Å². The normalized spacial score (nSPS) is 13.2. The van der Waals surface area contributed by atoms with E-state index in [4.69, 9.17) is 5.73 Å². The standard InChI is InChI=1S/C14H14FNO2S/c1-10(11-5-3-2-4-6-11)19(17,18)14-9-12(15)7-8-13(14)16/h2-10H,16H2,1H3. The average molecular weight is 279 g/mol. The van der Waals surface area contributed by atoms with Crippen molar-refractivity contribution in [2.45, 2.75) is 17.1 Å². The summed E-state index contributed by atoms with van der Waals surface area (Å²) in [6.07, 6.45) is 0. The van der Waals surface area contributed by atoms with Crippen molar-refractivity contribution in [2.24, 2.45) is 0 Å². The highest BCUT2D eigenvalue weighted by atomic mass is 32.2. The maximum absolute atomic E-state index is 13.2. The second kappa shape index (κ2) is 5.01. The van der Waals surface area contributed by atoms with E-state index in [0.717, 1.165) is 12.1 Å². The van der Waals surface area contributed by atoms with Gasteiger partial charge >= 0.3 is 0 Å². The minimum atomic E-state index is -3.71. The number of sulfone groups is 1. The Labute approximate surface area is 111 Å². The zero-order valence-corrected chi connectivity index (χ0v) is 11.2. The molecule has 5 heteroatoms. The molecular weight excluding hydrogens is 265 g/mol. The van der Waals surface area contributed by atoms with Gasteiger partial charge in [-0.15, -0.1) is 0 Å². The summed E-state index contributed by atoms with van der Waals surface area (Å²) in [5, 5.41) is -0.780. The molecule has 2 N–H and O–H groups in total. The van der Waals surface area contributed by atoms with E-state index >= 15 is 0 Å². The largest absolute Gasteiger partial charge is 0.398 e. The number of nitrogens with two attached hydrogens (primary N) is 1. The molecule has 0 heterocycles. The Morgan fingerprint density at radius 2 is 1.74 bits per heavy atom. The molecule has 2 aromatic rings. The Balaban J connectivity index is 2.51. The van der Waals surface area contributed by atoms with Crippen molar-refractivity contribution in [3.05, 3.63) is 59.9 Å². The summed E-state index contributed by atoms with van der Waals surface area (Å²) in [4.78, 5) is -0.163. The lowest BCUT2D eigenvalue weighted by atomic mass is 10.2. The maximum Gasteiger partial charge on any atom is 0.187 e. The smallest absolute Gasteiger partial charge is 0.187 e. The third kappa shape index (κ3) is 2.61. The Morgan fingerprint density at radius 3 is 2.37 bits per heavy atom. The minimum absolute atomic E-state index is 0.0594. The number of anilines is 1. The molecule has 0 radical (unpaired) electrons. The van der Waals surface area contributed by atoms with E-state index in [0.29, 0.717) is 5.56 Å². The molecule has 1 unspecified atom stereocenters. The van der Waals surface area contributed by atoms with E-state index in [2.05, 4.69) is 0 Å². The van der Waals surface area contributed by atoms with Gasteiger partial charge in [-0.05, 0) is 30.7 Å². The summed E-state index contributed by atoms with van der Waals surface area (Å²) in [6.45, 7) is 1.56. The fourth-order valence-electron chi connectivity index (χ4n) is 1.85. The molecule has 0 fully saturated rings. The highest BCUT2D eigenvalue weighted by Crippen LogP contribution is 2.31. The zero-order valence-electron chi connectivity index (χ0n) is 10.4. The molecule has 0 aromatic heterocycles. The number of hydrogen-bond donors (Lipinski definition) is 1. The van der Waals surface area contributed by atoms with Crippen LogP contribution in [0.15, 0.2) is 53.4 Å². The Hall–Kier alpha value is -1.88. The third-order valence-electron chi connectivity index (χ3n) is 3.02. The van der Waals surface area contributed by atoms with Gasteiger partial charge in [0.15, 0.2) is 9.84 Å². The van der Waals surface area contributed by atoms with Crippen LogP contribution in [0.4, 0.5) is 10.1 Å². The summed E-state index contributed by atoms with van der Waals surface area (Å²) in [6, 6.07) is 12.1. The topological polar surface area (TPSA) is 60.2 Å². The molecule has 0 aliphatic carbocycles. The fourth-order valence-corrected chi connectivity index (χ4v) is 3.42. The third-order valence-corrected chi connectivity index (χ3v) is 5.19.